The van der Waals surface area contributed by atoms with E-state index in [0.29, 0.717) is 11.5 Å². The van der Waals surface area contributed by atoms with Crippen molar-refractivity contribution >= 4 is 0 Å². The minimum Gasteiger partial charge on any atom is -0.317 e. The Labute approximate surface area is 128 Å². The highest BCUT2D eigenvalue weighted by atomic mass is 14.9. The summed E-state index contributed by atoms with van der Waals surface area (Å²) in [6.45, 7) is 0. The minimum absolute atomic E-state index is 0.594. The van der Waals surface area contributed by atoms with Gasteiger partial charge in [0.05, 0.1) is 0 Å². The van der Waals surface area contributed by atoms with Gasteiger partial charge in [0.1, 0.15) is 0 Å². The molecule has 0 amide bonds. The Bertz CT molecular complexity index is 446. The van der Waals surface area contributed by atoms with Gasteiger partial charge in [0.2, 0.25) is 0 Å². The molecule has 0 aliphatic heterocycles. The van der Waals surface area contributed by atoms with Crippen LogP contribution in [0.2, 0.25) is 0 Å². The van der Waals surface area contributed by atoms with Crippen LogP contribution in [-0.4, -0.2) is 18.1 Å². The molecule has 1 aromatic heterocycles. The highest BCUT2D eigenvalue weighted by Gasteiger charge is 2.51. The molecule has 0 saturated heterocycles. The molecular weight excluding hydrogens is 256 g/mol. The maximum absolute atomic E-state index is 4.52. The SMILES string of the molecule is CNC(Cc1ccccn1)CC12CC3CC(CC(C3)C1)C2. The zero-order valence-electron chi connectivity index (χ0n) is 13.2. The summed E-state index contributed by atoms with van der Waals surface area (Å²) in [5.41, 5.74) is 1.90. The van der Waals surface area contributed by atoms with E-state index in [4.69, 9.17) is 0 Å². The summed E-state index contributed by atoms with van der Waals surface area (Å²) in [7, 11) is 2.13. The number of hydrogen-bond donors (Lipinski definition) is 1. The van der Waals surface area contributed by atoms with Crippen molar-refractivity contribution in [2.45, 2.75) is 57.4 Å². The molecule has 0 aromatic carbocycles. The molecular formula is C19H28N2. The average molecular weight is 284 g/mol. The molecule has 1 N–H and O–H groups in total. The zero-order valence-corrected chi connectivity index (χ0v) is 13.2. The van der Waals surface area contributed by atoms with Crippen LogP contribution in [0, 0.1) is 23.2 Å². The number of rotatable bonds is 5. The third-order valence-corrected chi connectivity index (χ3v) is 6.43. The first-order valence-electron chi connectivity index (χ1n) is 8.82. The number of nitrogens with zero attached hydrogens (tertiary/aromatic N) is 1. The van der Waals surface area contributed by atoms with Gasteiger partial charge in [-0.3, -0.25) is 4.98 Å². The number of nitrogens with one attached hydrogen (secondary N) is 1. The lowest BCUT2D eigenvalue weighted by Crippen LogP contribution is -2.49. The lowest BCUT2D eigenvalue weighted by Gasteiger charge is -2.57. The first-order chi connectivity index (χ1) is 10.2. The van der Waals surface area contributed by atoms with Crippen LogP contribution >= 0.6 is 0 Å². The van der Waals surface area contributed by atoms with Gasteiger partial charge in [-0.1, -0.05) is 6.07 Å². The van der Waals surface area contributed by atoms with Crippen LogP contribution in [0.15, 0.2) is 24.4 Å². The molecule has 114 valence electrons. The molecule has 2 heteroatoms. The average Bonchev–Trinajstić information content (AvgIpc) is 2.46. The first kappa shape index (κ1) is 13.8. The van der Waals surface area contributed by atoms with Crippen LogP contribution < -0.4 is 5.32 Å². The second kappa shape index (κ2) is 5.39. The van der Waals surface area contributed by atoms with Gasteiger partial charge in [-0.15, -0.1) is 0 Å². The largest absolute Gasteiger partial charge is 0.317 e. The highest BCUT2D eigenvalue weighted by molar-refractivity contribution is 5.07. The van der Waals surface area contributed by atoms with E-state index in [1.54, 1.807) is 19.3 Å². The van der Waals surface area contributed by atoms with Crippen molar-refractivity contribution < 1.29 is 0 Å². The maximum atomic E-state index is 4.52. The van der Waals surface area contributed by atoms with Crippen molar-refractivity contribution in [3.8, 4) is 0 Å². The smallest absolute Gasteiger partial charge is 0.0419 e. The Hall–Kier alpha value is -0.890. The number of hydrogen-bond acceptors (Lipinski definition) is 2. The van der Waals surface area contributed by atoms with Gasteiger partial charge in [0, 0.05) is 24.4 Å². The van der Waals surface area contributed by atoms with Crippen LogP contribution in [0.3, 0.4) is 0 Å². The van der Waals surface area contributed by atoms with Crippen LogP contribution in [0.5, 0.6) is 0 Å². The van der Waals surface area contributed by atoms with Gasteiger partial charge in [-0.25, -0.2) is 0 Å². The van der Waals surface area contributed by atoms with E-state index in [2.05, 4.69) is 29.5 Å². The lowest BCUT2D eigenvalue weighted by atomic mass is 9.48. The first-order valence-corrected chi connectivity index (χ1v) is 8.82. The summed E-state index contributed by atoms with van der Waals surface area (Å²) < 4.78 is 0. The molecule has 4 bridgehead atoms. The Morgan fingerprint density at radius 1 is 1.14 bits per heavy atom. The monoisotopic (exact) mass is 284 g/mol. The van der Waals surface area contributed by atoms with E-state index in [-0.39, 0.29) is 0 Å². The van der Waals surface area contributed by atoms with Gasteiger partial charge >= 0.3 is 0 Å². The molecule has 1 atom stereocenters. The van der Waals surface area contributed by atoms with Crippen molar-refractivity contribution in [3.63, 3.8) is 0 Å². The molecule has 5 rings (SSSR count). The summed E-state index contributed by atoms with van der Waals surface area (Å²) in [5, 5.41) is 3.59. The van der Waals surface area contributed by atoms with E-state index in [1.165, 1.54) is 31.4 Å². The Morgan fingerprint density at radius 3 is 2.33 bits per heavy atom. The molecule has 2 nitrogen and oxygen atoms in total. The summed E-state index contributed by atoms with van der Waals surface area (Å²) in [6, 6.07) is 6.89. The summed E-state index contributed by atoms with van der Waals surface area (Å²) in [5.74, 6) is 3.18. The Balaban J connectivity index is 1.46. The van der Waals surface area contributed by atoms with Crippen LogP contribution in [0.1, 0.15) is 50.6 Å². The van der Waals surface area contributed by atoms with Crippen molar-refractivity contribution in [2.75, 3.05) is 7.05 Å². The third kappa shape index (κ3) is 2.75. The quantitative estimate of drug-likeness (QED) is 0.889. The Kier molecular flexibility index (Phi) is 3.53. The second-order valence-electron chi connectivity index (χ2n) is 8.13. The predicted molar refractivity (Wildman–Crippen MR) is 86.0 cm³/mol. The molecule has 0 spiro atoms. The predicted octanol–water partition coefficient (Wildman–Crippen LogP) is 3.82. The number of aromatic nitrogens is 1. The fraction of sp³-hybridized carbons (Fsp3) is 0.737. The van der Waals surface area contributed by atoms with Crippen LogP contribution in [0.25, 0.3) is 0 Å². The topological polar surface area (TPSA) is 24.9 Å². The van der Waals surface area contributed by atoms with E-state index >= 15 is 0 Å². The minimum atomic E-state index is 0.594. The van der Waals surface area contributed by atoms with Gasteiger partial charge in [-0.05, 0) is 87.3 Å². The summed E-state index contributed by atoms with van der Waals surface area (Å²) in [4.78, 5) is 4.52. The third-order valence-electron chi connectivity index (χ3n) is 6.43. The van der Waals surface area contributed by atoms with Gasteiger partial charge in [0.15, 0.2) is 0 Å². The molecule has 21 heavy (non-hydrogen) atoms. The van der Waals surface area contributed by atoms with Crippen molar-refractivity contribution in [2.24, 2.45) is 23.2 Å². The van der Waals surface area contributed by atoms with Crippen molar-refractivity contribution in [1.82, 2.24) is 10.3 Å². The van der Waals surface area contributed by atoms with Gasteiger partial charge < -0.3 is 5.32 Å². The molecule has 4 aliphatic rings. The molecule has 1 heterocycles. The summed E-state index contributed by atoms with van der Waals surface area (Å²) in [6.07, 6.45) is 13.5. The van der Waals surface area contributed by atoms with E-state index < -0.39 is 0 Å². The van der Waals surface area contributed by atoms with Crippen LogP contribution in [0.4, 0.5) is 0 Å². The van der Waals surface area contributed by atoms with E-state index in [0.717, 1.165) is 24.2 Å². The normalized spacial score (nSPS) is 38.6. The molecule has 1 aromatic rings. The molecule has 4 fully saturated rings. The van der Waals surface area contributed by atoms with Crippen molar-refractivity contribution in [3.05, 3.63) is 30.1 Å². The fourth-order valence-electron chi connectivity index (χ4n) is 6.11. The standard InChI is InChI=1S/C19H28N2/c1-20-18(9-17-4-2-3-5-21-17)13-19-10-14-6-15(11-19)8-16(7-14)12-19/h2-5,14-16,18,20H,6-13H2,1H3. The Morgan fingerprint density at radius 2 is 1.81 bits per heavy atom. The lowest BCUT2D eigenvalue weighted by molar-refractivity contribution is -0.0617. The van der Waals surface area contributed by atoms with E-state index in [1.807, 2.05) is 12.3 Å². The fourth-order valence-corrected chi connectivity index (χ4v) is 6.11. The molecule has 4 aliphatic carbocycles. The van der Waals surface area contributed by atoms with Crippen molar-refractivity contribution in [1.29, 1.82) is 0 Å². The maximum Gasteiger partial charge on any atom is 0.0419 e. The molecule has 0 radical (unpaired) electrons. The highest BCUT2D eigenvalue weighted by Crippen LogP contribution is 2.61. The number of pyridine rings is 1. The van der Waals surface area contributed by atoms with Gasteiger partial charge in [0.25, 0.3) is 0 Å². The number of likely N-dealkylation sites (N-methyl/N-ethyl adjacent to an activating group) is 1. The zero-order chi connectivity index (χ0) is 14.3. The second-order valence-corrected chi connectivity index (χ2v) is 8.13. The van der Waals surface area contributed by atoms with Crippen LogP contribution in [-0.2, 0) is 6.42 Å². The molecule has 1 unspecified atom stereocenters. The summed E-state index contributed by atoms with van der Waals surface area (Å²) >= 11 is 0. The van der Waals surface area contributed by atoms with Gasteiger partial charge in [-0.2, -0.15) is 0 Å². The molecule has 4 saturated carbocycles. The van der Waals surface area contributed by atoms with E-state index in [9.17, 15) is 0 Å².